The Kier molecular flexibility index (Phi) is 5.32. The molecule has 0 saturated carbocycles. The van der Waals surface area contributed by atoms with Gasteiger partial charge in [0.2, 0.25) is 0 Å². The Balaban J connectivity index is 1.76. The summed E-state index contributed by atoms with van der Waals surface area (Å²) in [6, 6.07) is 12.9. The molecule has 0 unspecified atom stereocenters. The van der Waals surface area contributed by atoms with Gasteiger partial charge in [-0.3, -0.25) is 14.3 Å². The molecule has 3 aromatic rings. The Morgan fingerprint density at radius 3 is 2.59 bits per heavy atom. The lowest BCUT2D eigenvalue weighted by Gasteiger charge is -2.07. The number of anilines is 1. The molecule has 1 N–H and O–H groups in total. The SMILES string of the molecule is Cc1c(NC(=O)COc2ccc(F)c(Cl)c2)c(=O)n(-c2ccccc2)n1C. The predicted molar refractivity (Wildman–Crippen MR) is 101 cm³/mol. The van der Waals surface area contributed by atoms with Crippen molar-refractivity contribution in [1.82, 2.24) is 9.36 Å². The van der Waals surface area contributed by atoms with Gasteiger partial charge in [-0.1, -0.05) is 29.8 Å². The van der Waals surface area contributed by atoms with Crippen LogP contribution in [0.25, 0.3) is 5.69 Å². The highest BCUT2D eigenvalue weighted by molar-refractivity contribution is 6.30. The van der Waals surface area contributed by atoms with Crippen molar-refractivity contribution >= 4 is 23.2 Å². The van der Waals surface area contributed by atoms with Crippen molar-refractivity contribution in [3.05, 3.63) is 75.4 Å². The van der Waals surface area contributed by atoms with Crippen molar-refractivity contribution in [1.29, 1.82) is 0 Å². The fourth-order valence-corrected chi connectivity index (χ4v) is 2.77. The van der Waals surface area contributed by atoms with Gasteiger partial charge in [-0.15, -0.1) is 0 Å². The first-order valence-electron chi connectivity index (χ1n) is 8.10. The molecule has 140 valence electrons. The molecule has 8 heteroatoms. The molecule has 6 nitrogen and oxygen atoms in total. The lowest BCUT2D eigenvalue weighted by atomic mass is 10.3. The average molecular weight is 390 g/mol. The zero-order chi connectivity index (χ0) is 19.6. The summed E-state index contributed by atoms with van der Waals surface area (Å²) < 4.78 is 21.6. The van der Waals surface area contributed by atoms with Crippen LogP contribution in [0.4, 0.5) is 10.1 Å². The molecule has 0 radical (unpaired) electrons. The molecule has 0 atom stereocenters. The summed E-state index contributed by atoms with van der Waals surface area (Å²) in [5.41, 5.74) is 1.11. The van der Waals surface area contributed by atoms with Gasteiger partial charge in [-0.2, -0.15) is 0 Å². The molecule has 0 aliphatic heterocycles. The molecule has 0 fully saturated rings. The Morgan fingerprint density at radius 1 is 1.22 bits per heavy atom. The summed E-state index contributed by atoms with van der Waals surface area (Å²) in [5.74, 6) is -0.834. The smallest absolute Gasteiger partial charge is 0.295 e. The first-order valence-corrected chi connectivity index (χ1v) is 8.48. The number of nitrogens with one attached hydrogen (secondary N) is 1. The van der Waals surface area contributed by atoms with Gasteiger partial charge in [0.05, 0.1) is 16.4 Å². The van der Waals surface area contributed by atoms with E-state index in [2.05, 4.69) is 5.32 Å². The Bertz CT molecular complexity index is 1040. The lowest BCUT2D eigenvalue weighted by molar-refractivity contribution is -0.118. The molecule has 1 heterocycles. The van der Waals surface area contributed by atoms with Crippen molar-refractivity contribution in [3.63, 3.8) is 0 Å². The number of hydrogen-bond donors (Lipinski definition) is 1. The normalized spacial score (nSPS) is 10.7. The van der Waals surface area contributed by atoms with E-state index in [1.807, 2.05) is 18.2 Å². The van der Waals surface area contributed by atoms with Crippen LogP contribution < -0.4 is 15.6 Å². The maximum atomic E-state index is 13.1. The monoisotopic (exact) mass is 389 g/mol. The van der Waals surface area contributed by atoms with Gasteiger partial charge in [0.25, 0.3) is 11.5 Å². The van der Waals surface area contributed by atoms with Crippen molar-refractivity contribution in [3.8, 4) is 11.4 Å². The molecule has 1 amide bonds. The van der Waals surface area contributed by atoms with Crippen LogP contribution in [-0.4, -0.2) is 21.9 Å². The van der Waals surface area contributed by atoms with E-state index in [4.69, 9.17) is 16.3 Å². The maximum Gasteiger partial charge on any atom is 0.295 e. The quantitative estimate of drug-likeness (QED) is 0.728. The van der Waals surface area contributed by atoms with Gasteiger partial charge >= 0.3 is 0 Å². The fourth-order valence-electron chi connectivity index (χ4n) is 2.60. The van der Waals surface area contributed by atoms with E-state index >= 15 is 0 Å². The standard InChI is InChI=1S/C19H17ClFN3O3/c1-12-18(19(26)24(23(12)2)13-6-4-3-5-7-13)22-17(25)11-27-14-8-9-16(21)15(20)10-14/h3-10H,11H2,1-2H3,(H,22,25). The number of para-hydroxylation sites is 1. The van der Waals surface area contributed by atoms with Crippen LogP contribution >= 0.6 is 11.6 Å². The number of halogens is 2. The molecule has 0 aliphatic carbocycles. The van der Waals surface area contributed by atoms with Crippen LogP contribution in [0.3, 0.4) is 0 Å². The van der Waals surface area contributed by atoms with Crippen molar-refractivity contribution in [2.24, 2.45) is 7.05 Å². The zero-order valence-electron chi connectivity index (χ0n) is 14.7. The minimum atomic E-state index is -0.574. The highest BCUT2D eigenvalue weighted by Gasteiger charge is 2.18. The molecule has 0 bridgehead atoms. The third-order valence-electron chi connectivity index (χ3n) is 4.08. The zero-order valence-corrected chi connectivity index (χ0v) is 15.5. The molecule has 27 heavy (non-hydrogen) atoms. The third-order valence-corrected chi connectivity index (χ3v) is 4.37. The molecule has 3 rings (SSSR count). The fraction of sp³-hybridized carbons (Fsp3) is 0.158. The van der Waals surface area contributed by atoms with Gasteiger partial charge in [-0.25, -0.2) is 9.07 Å². The molecular formula is C19H17ClFN3O3. The van der Waals surface area contributed by atoms with E-state index in [9.17, 15) is 14.0 Å². The topological polar surface area (TPSA) is 65.3 Å². The minimum Gasteiger partial charge on any atom is -0.484 e. The predicted octanol–water partition coefficient (Wildman–Crippen LogP) is 3.29. The molecular weight excluding hydrogens is 373 g/mol. The average Bonchev–Trinajstić information content (AvgIpc) is 2.87. The summed E-state index contributed by atoms with van der Waals surface area (Å²) in [7, 11) is 1.73. The van der Waals surface area contributed by atoms with Crippen LogP contribution in [0.1, 0.15) is 5.69 Å². The number of ether oxygens (including phenoxy) is 1. The number of hydrogen-bond acceptors (Lipinski definition) is 3. The van der Waals surface area contributed by atoms with E-state index < -0.39 is 11.7 Å². The largest absolute Gasteiger partial charge is 0.484 e. The summed E-state index contributed by atoms with van der Waals surface area (Å²) in [6.07, 6.45) is 0. The van der Waals surface area contributed by atoms with Gasteiger partial charge in [-0.05, 0) is 31.2 Å². The molecule has 2 aromatic carbocycles. The number of nitrogens with zero attached hydrogens (tertiary/aromatic N) is 2. The lowest BCUT2D eigenvalue weighted by Crippen LogP contribution is -2.25. The number of benzene rings is 2. The second-order valence-electron chi connectivity index (χ2n) is 5.85. The molecule has 0 aliphatic rings. The van der Waals surface area contributed by atoms with E-state index in [1.54, 1.807) is 30.8 Å². The first-order chi connectivity index (χ1) is 12.9. The number of carbonyl (C=O) groups is 1. The summed E-state index contributed by atoms with van der Waals surface area (Å²) in [5, 5.41) is 2.48. The van der Waals surface area contributed by atoms with Crippen LogP contribution in [-0.2, 0) is 11.8 Å². The van der Waals surface area contributed by atoms with E-state index in [-0.39, 0.29) is 28.6 Å². The molecule has 0 spiro atoms. The van der Waals surface area contributed by atoms with Gasteiger partial charge in [0.15, 0.2) is 6.61 Å². The van der Waals surface area contributed by atoms with Crippen LogP contribution in [0.5, 0.6) is 5.75 Å². The third kappa shape index (κ3) is 3.88. The number of carbonyl (C=O) groups excluding carboxylic acids is 1. The number of amides is 1. The molecule has 0 saturated heterocycles. The van der Waals surface area contributed by atoms with E-state index in [1.165, 1.54) is 16.8 Å². The highest BCUT2D eigenvalue weighted by Crippen LogP contribution is 2.21. The summed E-state index contributed by atoms with van der Waals surface area (Å²) >= 11 is 5.68. The summed E-state index contributed by atoms with van der Waals surface area (Å²) in [6.45, 7) is 1.39. The second kappa shape index (κ2) is 7.67. The minimum absolute atomic E-state index is 0.0995. The van der Waals surface area contributed by atoms with Gasteiger partial charge < -0.3 is 10.1 Å². The maximum absolute atomic E-state index is 13.1. The van der Waals surface area contributed by atoms with Crippen LogP contribution in [0, 0.1) is 12.7 Å². The van der Waals surface area contributed by atoms with E-state index in [0.717, 1.165) is 6.07 Å². The molecule has 1 aromatic heterocycles. The van der Waals surface area contributed by atoms with Crippen molar-refractivity contribution in [2.45, 2.75) is 6.92 Å². The number of rotatable bonds is 5. The highest BCUT2D eigenvalue weighted by atomic mass is 35.5. The summed E-state index contributed by atoms with van der Waals surface area (Å²) in [4.78, 5) is 24.9. The number of aromatic nitrogens is 2. The van der Waals surface area contributed by atoms with Crippen LogP contribution in [0.15, 0.2) is 53.3 Å². The van der Waals surface area contributed by atoms with Crippen LogP contribution in [0.2, 0.25) is 5.02 Å². The Morgan fingerprint density at radius 2 is 1.93 bits per heavy atom. The van der Waals surface area contributed by atoms with Gasteiger partial charge in [0, 0.05) is 13.1 Å². The Hall–Kier alpha value is -3.06. The van der Waals surface area contributed by atoms with Crippen molar-refractivity contribution < 1.29 is 13.9 Å². The van der Waals surface area contributed by atoms with E-state index in [0.29, 0.717) is 11.4 Å². The second-order valence-corrected chi connectivity index (χ2v) is 6.26. The Labute approximate surface area is 159 Å². The van der Waals surface area contributed by atoms with Gasteiger partial charge in [0.1, 0.15) is 17.3 Å². The van der Waals surface area contributed by atoms with Crippen molar-refractivity contribution in [2.75, 3.05) is 11.9 Å². The first kappa shape index (κ1) is 18.7.